The van der Waals surface area contributed by atoms with E-state index in [1.807, 2.05) is 18.2 Å². The molecule has 1 aromatic heterocycles. The molecule has 0 saturated carbocycles. The van der Waals surface area contributed by atoms with Gasteiger partial charge in [-0.25, -0.2) is 4.98 Å². The molecule has 0 unspecified atom stereocenters. The SMILES string of the molecule is CC1(C)CCN(c2cccc(Cl)n2)C1. The van der Waals surface area contributed by atoms with Gasteiger partial charge in [0.25, 0.3) is 0 Å². The molecule has 14 heavy (non-hydrogen) atoms. The van der Waals surface area contributed by atoms with Gasteiger partial charge < -0.3 is 4.90 Å². The van der Waals surface area contributed by atoms with Gasteiger partial charge in [0.1, 0.15) is 11.0 Å². The van der Waals surface area contributed by atoms with Gasteiger partial charge in [-0.3, -0.25) is 0 Å². The number of halogens is 1. The van der Waals surface area contributed by atoms with E-state index in [0.29, 0.717) is 10.6 Å². The Morgan fingerprint density at radius 3 is 2.79 bits per heavy atom. The summed E-state index contributed by atoms with van der Waals surface area (Å²) >= 11 is 5.86. The normalized spacial score (nSPS) is 20.1. The zero-order valence-corrected chi connectivity index (χ0v) is 9.38. The molecule has 0 amide bonds. The predicted molar refractivity (Wildman–Crippen MR) is 59.9 cm³/mol. The maximum atomic E-state index is 5.86. The highest BCUT2D eigenvalue weighted by molar-refractivity contribution is 6.29. The fourth-order valence-corrected chi connectivity index (χ4v) is 2.04. The lowest BCUT2D eigenvalue weighted by Gasteiger charge is -2.20. The summed E-state index contributed by atoms with van der Waals surface area (Å²) in [6.45, 7) is 6.73. The van der Waals surface area contributed by atoms with Crippen molar-refractivity contribution in [3.8, 4) is 0 Å². The Kier molecular flexibility index (Phi) is 2.40. The van der Waals surface area contributed by atoms with Gasteiger partial charge in [-0.2, -0.15) is 0 Å². The van der Waals surface area contributed by atoms with Crippen molar-refractivity contribution in [1.29, 1.82) is 0 Å². The van der Waals surface area contributed by atoms with Crippen LogP contribution in [0, 0.1) is 5.41 Å². The van der Waals surface area contributed by atoms with E-state index in [1.54, 1.807) is 0 Å². The second kappa shape index (κ2) is 3.43. The van der Waals surface area contributed by atoms with E-state index in [2.05, 4.69) is 23.7 Å². The van der Waals surface area contributed by atoms with E-state index < -0.39 is 0 Å². The summed E-state index contributed by atoms with van der Waals surface area (Å²) < 4.78 is 0. The number of anilines is 1. The summed E-state index contributed by atoms with van der Waals surface area (Å²) in [5.41, 5.74) is 0.407. The average molecular weight is 211 g/mol. The Bertz CT molecular complexity index is 336. The molecule has 0 atom stereocenters. The van der Waals surface area contributed by atoms with Gasteiger partial charge in [0.15, 0.2) is 0 Å². The molecule has 1 aliphatic rings. The molecule has 0 spiro atoms. The number of nitrogens with zero attached hydrogens (tertiary/aromatic N) is 2. The molecule has 2 nitrogen and oxygen atoms in total. The van der Waals surface area contributed by atoms with Crippen LogP contribution in [0.1, 0.15) is 20.3 Å². The van der Waals surface area contributed by atoms with Crippen LogP contribution in [0.4, 0.5) is 5.82 Å². The van der Waals surface area contributed by atoms with Crippen molar-refractivity contribution in [3.05, 3.63) is 23.4 Å². The van der Waals surface area contributed by atoms with Crippen molar-refractivity contribution in [1.82, 2.24) is 4.98 Å². The smallest absolute Gasteiger partial charge is 0.131 e. The van der Waals surface area contributed by atoms with Crippen molar-refractivity contribution < 1.29 is 0 Å². The first kappa shape index (κ1) is 9.78. The highest BCUT2D eigenvalue weighted by Crippen LogP contribution is 2.31. The Hall–Kier alpha value is -0.760. The highest BCUT2D eigenvalue weighted by atomic mass is 35.5. The minimum absolute atomic E-state index is 0.407. The van der Waals surface area contributed by atoms with E-state index in [1.165, 1.54) is 6.42 Å². The third kappa shape index (κ3) is 2.01. The van der Waals surface area contributed by atoms with Gasteiger partial charge >= 0.3 is 0 Å². The first-order chi connectivity index (χ1) is 6.57. The summed E-state index contributed by atoms with van der Waals surface area (Å²) in [7, 11) is 0. The molecule has 0 radical (unpaired) electrons. The summed E-state index contributed by atoms with van der Waals surface area (Å²) in [6, 6.07) is 5.79. The first-order valence-corrected chi connectivity index (χ1v) is 5.32. The van der Waals surface area contributed by atoms with Crippen molar-refractivity contribution in [2.75, 3.05) is 18.0 Å². The second-order valence-electron chi connectivity index (χ2n) is 4.65. The maximum Gasteiger partial charge on any atom is 0.131 e. The predicted octanol–water partition coefficient (Wildman–Crippen LogP) is 2.97. The lowest BCUT2D eigenvalue weighted by atomic mass is 9.93. The highest BCUT2D eigenvalue weighted by Gasteiger charge is 2.29. The quantitative estimate of drug-likeness (QED) is 0.663. The molecule has 1 aliphatic heterocycles. The molecule has 0 N–H and O–H groups in total. The van der Waals surface area contributed by atoms with E-state index in [0.717, 1.165) is 18.9 Å². The summed E-state index contributed by atoms with van der Waals surface area (Å²) in [4.78, 5) is 6.61. The summed E-state index contributed by atoms with van der Waals surface area (Å²) in [5.74, 6) is 1.00. The molecular weight excluding hydrogens is 196 g/mol. The Balaban J connectivity index is 2.17. The third-order valence-corrected chi connectivity index (χ3v) is 2.91. The zero-order valence-electron chi connectivity index (χ0n) is 8.63. The molecule has 0 aliphatic carbocycles. The third-order valence-electron chi connectivity index (χ3n) is 2.70. The van der Waals surface area contributed by atoms with Crippen molar-refractivity contribution in [3.63, 3.8) is 0 Å². The van der Waals surface area contributed by atoms with Crippen molar-refractivity contribution in [2.45, 2.75) is 20.3 Å². The van der Waals surface area contributed by atoms with Gasteiger partial charge in [0.05, 0.1) is 0 Å². The number of hydrogen-bond donors (Lipinski definition) is 0. The Morgan fingerprint density at radius 1 is 1.43 bits per heavy atom. The first-order valence-electron chi connectivity index (χ1n) is 4.94. The standard InChI is InChI=1S/C11H15ClN2/c1-11(2)6-7-14(8-11)10-5-3-4-9(12)13-10/h3-5H,6-8H2,1-2H3. The maximum absolute atomic E-state index is 5.86. The van der Waals surface area contributed by atoms with Crippen LogP contribution in [0.5, 0.6) is 0 Å². The van der Waals surface area contributed by atoms with Crippen molar-refractivity contribution in [2.24, 2.45) is 5.41 Å². The molecule has 2 heterocycles. The van der Waals surface area contributed by atoms with Crippen LogP contribution in [0.2, 0.25) is 5.15 Å². The van der Waals surface area contributed by atoms with Crippen LogP contribution in [-0.4, -0.2) is 18.1 Å². The van der Waals surface area contributed by atoms with E-state index >= 15 is 0 Å². The number of pyridine rings is 1. The molecule has 1 aromatic rings. The second-order valence-corrected chi connectivity index (χ2v) is 5.04. The number of aromatic nitrogens is 1. The van der Waals surface area contributed by atoms with Crippen LogP contribution >= 0.6 is 11.6 Å². The zero-order chi connectivity index (χ0) is 10.2. The fourth-order valence-electron chi connectivity index (χ4n) is 1.88. The van der Waals surface area contributed by atoms with E-state index in [-0.39, 0.29) is 0 Å². The van der Waals surface area contributed by atoms with Gasteiger partial charge in [-0.1, -0.05) is 31.5 Å². The van der Waals surface area contributed by atoms with Gasteiger partial charge in [0, 0.05) is 13.1 Å². The summed E-state index contributed by atoms with van der Waals surface area (Å²) in [6.07, 6.45) is 1.22. The Morgan fingerprint density at radius 2 is 2.21 bits per heavy atom. The van der Waals surface area contributed by atoms with Crippen molar-refractivity contribution >= 4 is 17.4 Å². The number of rotatable bonds is 1. The fraction of sp³-hybridized carbons (Fsp3) is 0.545. The van der Waals surface area contributed by atoms with Gasteiger partial charge in [-0.05, 0) is 24.0 Å². The van der Waals surface area contributed by atoms with Gasteiger partial charge in [-0.15, -0.1) is 0 Å². The molecular formula is C11H15ClN2. The minimum Gasteiger partial charge on any atom is -0.356 e. The van der Waals surface area contributed by atoms with Crippen LogP contribution < -0.4 is 4.90 Å². The van der Waals surface area contributed by atoms with Crippen LogP contribution in [0.15, 0.2) is 18.2 Å². The molecule has 2 rings (SSSR count). The minimum atomic E-state index is 0.407. The van der Waals surface area contributed by atoms with Crippen LogP contribution in [-0.2, 0) is 0 Å². The number of hydrogen-bond acceptors (Lipinski definition) is 2. The molecule has 1 saturated heterocycles. The molecule has 1 fully saturated rings. The molecule has 0 aromatic carbocycles. The monoisotopic (exact) mass is 210 g/mol. The summed E-state index contributed by atoms with van der Waals surface area (Å²) in [5, 5.41) is 0.576. The molecule has 3 heteroatoms. The lowest BCUT2D eigenvalue weighted by Crippen LogP contribution is -2.23. The van der Waals surface area contributed by atoms with E-state index in [9.17, 15) is 0 Å². The molecule has 0 bridgehead atoms. The lowest BCUT2D eigenvalue weighted by molar-refractivity contribution is 0.418. The Labute approximate surface area is 89.9 Å². The average Bonchev–Trinajstić information content (AvgIpc) is 2.46. The van der Waals surface area contributed by atoms with E-state index in [4.69, 9.17) is 11.6 Å². The largest absolute Gasteiger partial charge is 0.356 e. The van der Waals surface area contributed by atoms with Crippen LogP contribution in [0.3, 0.4) is 0 Å². The topological polar surface area (TPSA) is 16.1 Å². The molecule has 76 valence electrons. The van der Waals surface area contributed by atoms with Gasteiger partial charge in [0.2, 0.25) is 0 Å². The van der Waals surface area contributed by atoms with Crippen LogP contribution in [0.25, 0.3) is 0 Å².